The van der Waals surface area contributed by atoms with E-state index in [2.05, 4.69) is 39.0 Å². The van der Waals surface area contributed by atoms with Gasteiger partial charge in [0.25, 0.3) is 5.56 Å². The van der Waals surface area contributed by atoms with Crippen molar-refractivity contribution < 1.29 is 4.39 Å². The molecule has 37 heavy (non-hydrogen) atoms. The molecule has 0 aliphatic carbocycles. The summed E-state index contributed by atoms with van der Waals surface area (Å²) >= 11 is 0. The van der Waals surface area contributed by atoms with Gasteiger partial charge in [0.15, 0.2) is 11.2 Å². The zero-order valence-electron chi connectivity index (χ0n) is 20.5. The maximum absolute atomic E-state index is 14.2. The molecular weight excluding hydrogens is 471 g/mol. The number of halogens is 1. The number of aryl methyl sites for hydroxylation is 1. The molecule has 0 atom stereocenters. The third-order valence-electron chi connectivity index (χ3n) is 7.20. The molecule has 1 aliphatic heterocycles. The van der Waals surface area contributed by atoms with Crippen LogP contribution in [0.2, 0.25) is 0 Å². The van der Waals surface area contributed by atoms with Crippen LogP contribution in [0.15, 0.2) is 76.3 Å². The normalized spacial score (nSPS) is 14.6. The summed E-state index contributed by atoms with van der Waals surface area (Å²) in [4.78, 5) is 37.0. The Morgan fingerprint density at radius 3 is 2.38 bits per heavy atom. The summed E-state index contributed by atoms with van der Waals surface area (Å²) in [6.45, 7) is 3.76. The fourth-order valence-electron chi connectivity index (χ4n) is 5.19. The predicted octanol–water partition coefficient (Wildman–Crippen LogP) is 3.09. The number of nitrogens with one attached hydrogen (secondary N) is 1. The van der Waals surface area contributed by atoms with E-state index in [1.54, 1.807) is 13.1 Å². The number of anilines is 1. The van der Waals surface area contributed by atoms with Gasteiger partial charge in [0.05, 0.1) is 6.54 Å². The van der Waals surface area contributed by atoms with Crippen LogP contribution in [-0.2, 0) is 20.1 Å². The molecular formula is C28H27FN6O2. The molecule has 3 heterocycles. The summed E-state index contributed by atoms with van der Waals surface area (Å²) in [5.41, 5.74) is 1.53. The summed E-state index contributed by atoms with van der Waals surface area (Å²) in [5.74, 6) is 0.460. The maximum atomic E-state index is 14.2. The first-order valence-electron chi connectivity index (χ1n) is 12.4. The van der Waals surface area contributed by atoms with E-state index >= 15 is 0 Å². The van der Waals surface area contributed by atoms with Crippen LogP contribution in [0.3, 0.4) is 0 Å². The number of aromatic amines is 1. The Balaban J connectivity index is 1.37. The molecule has 1 saturated heterocycles. The molecule has 1 aliphatic rings. The van der Waals surface area contributed by atoms with Crippen LogP contribution >= 0.6 is 0 Å². The molecule has 0 saturated carbocycles. The van der Waals surface area contributed by atoms with Gasteiger partial charge in [-0.15, -0.1) is 0 Å². The average molecular weight is 499 g/mol. The van der Waals surface area contributed by atoms with Crippen molar-refractivity contribution in [1.82, 2.24) is 24.0 Å². The highest BCUT2D eigenvalue weighted by molar-refractivity contribution is 5.86. The van der Waals surface area contributed by atoms with Gasteiger partial charge in [0.2, 0.25) is 5.95 Å². The van der Waals surface area contributed by atoms with Crippen molar-refractivity contribution in [2.45, 2.75) is 13.1 Å². The van der Waals surface area contributed by atoms with E-state index in [1.807, 2.05) is 34.9 Å². The van der Waals surface area contributed by atoms with Crippen LogP contribution < -0.4 is 16.1 Å². The van der Waals surface area contributed by atoms with Crippen LogP contribution in [-0.4, -0.2) is 50.2 Å². The molecule has 0 amide bonds. The first-order chi connectivity index (χ1) is 18.0. The lowest BCUT2D eigenvalue weighted by Crippen LogP contribution is -2.47. The van der Waals surface area contributed by atoms with Crippen molar-refractivity contribution in [2.24, 2.45) is 7.05 Å². The van der Waals surface area contributed by atoms with Crippen LogP contribution in [0.5, 0.6) is 0 Å². The van der Waals surface area contributed by atoms with Gasteiger partial charge < -0.3 is 4.90 Å². The van der Waals surface area contributed by atoms with Gasteiger partial charge in [0, 0.05) is 45.3 Å². The lowest BCUT2D eigenvalue weighted by atomic mass is 10.0. The molecule has 2 aromatic heterocycles. The first kappa shape index (κ1) is 23.2. The topological polar surface area (TPSA) is 79.2 Å². The molecule has 188 valence electrons. The highest BCUT2D eigenvalue weighted by Crippen LogP contribution is 2.26. The van der Waals surface area contributed by atoms with Crippen LogP contribution in [0.4, 0.5) is 10.3 Å². The molecule has 6 rings (SSSR count). The molecule has 9 heteroatoms. The molecule has 0 radical (unpaired) electrons. The number of hydrogen-bond donors (Lipinski definition) is 1. The molecule has 1 fully saturated rings. The SMILES string of the molecule is Cn1c(=O)[nH]c(=O)c2c1nc(N1CCN(Cc3ccccc3F)CC1)n2Cc1cccc2ccccc12. The van der Waals surface area contributed by atoms with E-state index in [-0.39, 0.29) is 5.82 Å². The van der Waals surface area contributed by atoms with E-state index in [4.69, 9.17) is 4.98 Å². The first-order valence-corrected chi connectivity index (χ1v) is 12.4. The third-order valence-corrected chi connectivity index (χ3v) is 7.20. The zero-order chi connectivity index (χ0) is 25.5. The molecule has 5 aromatic rings. The maximum Gasteiger partial charge on any atom is 0.329 e. The second-order valence-electron chi connectivity index (χ2n) is 9.48. The number of nitrogens with zero attached hydrogens (tertiary/aromatic N) is 5. The number of imidazole rings is 1. The molecule has 8 nitrogen and oxygen atoms in total. The van der Waals surface area contributed by atoms with Gasteiger partial charge in [-0.05, 0) is 22.4 Å². The molecule has 1 N–H and O–H groups in total. The average Bonchev–Trinajstić information content (AvgIpc) is 3.29. The highest BCUT2D eigenvalue weighted by Gasteiger charge is 2.25. The summed E-state index contributed by atoms with van der Waals surface area (Å²) < 4.78 is 17.5. The molecule has 3 aromatic carbocycles. The predicted molar refractivity (Wildman–Crippen MR) is 143 cm³/mol. The Hall–Kier alpha value is -4.24. The summed E-state index contributed by atoms with van der Waals surface area (Å²) in [7, 11) is 1.62. The number of aromatic nitrogens is 4. The fraction of sp³-hybridized carbons (Fsp3) is 0.250. The number of H-pyrrole nitrogens is 1. The smallest absolute Gasteiger partial charge is 0.329 e. The minimum absolute atomic E-state index is 0.193. The van der Waals surface area contributed by atoms with E-state index in [0.717, 1.165) is 29.4 Å². The number of piperazine rings is 1. The summed E-state index contributed by atoms with van der Waals surface area (Å²) in [6, 6.07) is 21.1. The van der Waals surface area contributed by atoms with Gasteiger partial charge in [-0.1, -0.05) is 60.7 Å². The Morgan fingerprint density at radius 2 is 1.57 bits per heavy atom. The largest absolute Gasteiger partial charge is 0.340 e. The Labute approximate surface area is 212 Å². The highest BCUT2D eigenvalue weighted by atomic mass is 19.1. The Kier molecular flexibility index (Phi) is 5.84. The number of hydrogen-bond acceptors (Lipinski definition) is 5. The molecule has 0 bridgehead atoms. The van der Waals surface area contributed by atoms with Gasteiger partial charge in [-0.3, -0.25) is 23.8 Å². The second-order valence-corrected chi connectivity index (χ2v) is 9.48. The van der Waals surface area contributed by atoms with E-state index in [0.29, 0.717) is 48.9 Å². The van der Waals surface area contributed by atoms with Gasteiger partial charge in [0.1, 0.15) is 5.82 Å². The van der Waals surface area contributed by atoms with Crippen LogP contribution in [0, 0.1) is 5.82 Å². The quantitative estimate of drug-likeness (QED) is 0.403. The molecule has 0 spiro atoms. The van der Waals surface area contributed by atoms with Crippen LogP contribution in [0.25, 0.3) is 21.9 Å². The van der Waals surface area contributed by atoms with Crippen molar-refractivity contribution in [2.75, 3.05) is 31.1 Å². The van der Waals surface area contributed by atoms with Crippen molar-refractivity contribution in [3.05, 3.63) is 105 Å². The fourth-order valence-corrected chi connectivity index (χ4v) is 5.19. The van der Waals surface area contributed by atoms with Gasteiger partial charge >= 0.3 is 5.69 Å². The zero-order valence-corrected chi connectivity index (χ0v) is 20.5. The van der Waals surface area contributed by atoms with Crippen molar-refractivity contribution in [3.63, 3.8) is 0 Å². The van der Waals surface area contributed by atoms with E-state index < -0.39 is 11.2 Å². The van der Waals surface area contributed by atoms with E-state index in [1.165, 1.54) is 10.6 Å². The minimum atomic E-state index is -0.492. The van der Waals surface area contributed by atoms with Gasteiger partial charge in [-0.2, -0.15) is 4.98 Å². The number of benzene rings is 3. The second kappa shape index (κ2) is 9.33. The Bertz CT molecular complexity index is 1720. The van der Waals surface area contributed by atoms with Crippen molar-refractivity contribution in [3.8, 4) is 0 Å². The van der Waals surface area contributed by atoms with E-state index in [9.17, 15) is 14.0 Å². The third kappa shape index (κ3) is 4.21. The Morgan fingerprint density at radius 1 is 0.865 bits per heavy atom. The summed E-state index contributed by atoms with van der Waals surface area (Å²) in [5, 5.41) is 2.22. The van der Waals surface area contributed by atoms with Gasteiger partial charge in [-0.25, -0.2) is 9.18 Å². The number of rotatable bonds is 5. The van der Waals surface area contributed by atoms with Crippen LogP contribution in [0.1, 0.15) is 11.1 Å². The lowest BCUT2D eigenvalue weighted by Gasteiger charge is -2.35. The summed E-state index contributed by atoms with van der Waals surface area (Å²) in [6.07, 6.45) is 0. The van der Waals surface area contributed by atoms with Crippen molar-refractivity contribution >= 4 is 27.9 Å². The monoisotopic (exact) mass is 498 g/mol. The standard InChI is InChI=1S/C28H27FN6O2/c1-32-25-24(26(36)31-28(32)37)35(18-20-10-6-9-19-7-2-4-11-22(19)20)27(30-25)34-15-13-33(14-16-34)17-21-8-3-5-12-23(21)29/h2-12H,13-18H2,1H3,(H,31,36,37). The number of fused-ring (bicyclic) bond motifs is 2. The minimum Gasteiger partial charge on any atom is -0.340 e. The molecule has 0 unspecified atom stereocenters. The lowest BCUT2D eigenvalue weighted by molar-refractivity contribution is 0.245. The van der Waals surface area contributed by atoms with Crippen molar-refractivity contribution in [1.29, 1.82) is 0 Å².